The third-order valence-corrected chi connectivity index (χ3v) is 1.42. The highest BCUT2D eigenvalue weighted by molar-refractivity contribution is 5.84. The minimum atomic E-state index is -1.16. The highest BCUT2D eigenvalue weighted by atomic mass is 16.5. The number of carbonyl (C=O) groups is 2. The number of hydrogen-bond donors (Lipinski definition) is 1. The van der Waals surface area contributed by atoms with E-state index in [2.05, 4.69) is 4.74 Å². The maximum absolute atomic E-state index is 10.7. The minimum Gasteiger partial charge on any atom is -0.475 e. The highest BCUT2D eigenvalue weighted by Crippen LogP contribution is 2.08. The van der Waals surface area contributed by atoms with Crippen LogP contribution >= 0.6 is 0 Å². The van der Waals surface area contributed by atoms with Crippen molar-refractivity contribution in [2.45, 2.75) is 6.42 Å². The number of carboxylic acids is 1. The van der Waals surface area contributed by atoms with Crippen LogP contribution in [-0.4, -0.2) is 24.2 Å². The second kappa shape index (κ2) is 3.75. The second-order valence-electron chi connectivity index (χ2n) is 2.32. The topological polar surface area (TPSA) is 76.7 Å². The molecule has 1 aromatic rings. The van der Waals surface area contributed by atoms with Crippen LogP contribution in [0.5, 0.6) is 0 Å². The van der Waals surface area contributed by atoms with E-state index in [4.69, 9.17) is 9.52 Å². The van der Waals surface area contributed by atoms with E-state index in [9.17, 15) is 9.59 Å². The Hall–Kier alpha value is -1.78. The van der Waals surface area contributed by atoms with Crippen molar-refractivity contribution in [3.63, 3.8) is 0 Å². The van der Waals surface area contributed by atoms with Gasteiger partial charge in [-0.05, 0) is 12.1 Å². The van der Waals surface area contributed by atoms with Gasteiger partial charge in [0.25, 0.3) is 0 Å². The van der Waals surface area contributed by atoms with Crippen LogP contribution in [0, 0.1) is 0 Å². The molecule has 0 aliphatic heterocycles. The van der Waals surface area contributed by atoms with Crippen LogP contribution in [0.4, 0.5) is 0 Å². The first kappa shape index (κ1) is 9.31. The monoisotopic (exact) mass is 184 g/mol. The zero-order valence-corrected chi connectivity index (χ0v) is 6.94. The molecule has 1 heterocycles. The Morgan fingerprint density at radius 3 is 2.69 bits per heavy atom. The number of carbonyl (C=O) groups excluding carboxylic acids is 1. The van der Waals surface area contributed by atoms with E-state index in [-0.39, 0.29) is 17.9 Å². The Kier molecular flexibility index (Phi) is 2.69. The Bertz CT molecular complexity index is 325. The van der Waals surface area contributed by atoms with E-state index < -0.39 is 11.9 Å². The van der Waals surface area contributed by atoms with Gasteiger partial charge in [-0.15, -0.1) is 0 Å². The summed E-state index contributed by atoms with van der Waals surface area (Å²) in [6.45, 7) is 0. The van der Waals surface area contributed by atoms with Gasteiger partial charge in [0.15, 0.2) is 0 Å². The van der Waals surface area contributed by atoms with Gasteiger partial charge in [-0.1, -0.05) is 0 Å². The number of rotatable bonds is 3. The fourth-order valence-electron chi connectivity index (χ4n) is 0.802. The summed E-state index contributed by atoms with van der Waals surface area (Å²) >= 11 is 0. The summed E-state index contributed by atoms with van der Waals surface area (Å²) in [4.78, 5) is 21.1. The third kappa shape index (κ3) is 2.33. The van der Waals surface area contributed by atoms with Gasteiger partial charge in [-0.3, -0.25) is 4.79 Å². The zero-order valence-electron chi connectivity index (χ0n) is 6.94. The Morgan fingerprint density at radius 1 is 1.54 bits per heavy atom. The van der Waals surface area contributed by atoms with Crippen LogP contribution in [-0.2, 0) is 16.0 Å². The van der Waals surface area contributed by atoms with E-state index in [1.165, 1.54) is 19.2 Å². The van der Waals surface area contributed by atoms with Crippen molar-refractivity contribution in [1.82, 2.24) is 0 Å². The number of esters is 1. The number of ether oxygens (including phenoxy) is 1. The number of aromatic carboxylic acids is 1. The third-order valence-electron chi connectivity index (χ3n) is 1.42. The van der Waals surface area contributed by atoms with Crippen LogP contribution < -0.4 is 0 Å². The molecular formula is C8H8O5. The van der Waals surface area contributed by atoms with Gasteiger partial charge in [0.1, 0.15) is 12.2 Å². The molecule has 0 fully saturated rings. The van der Waals surface area contributed by atoms with Crippen molar-refractivity contribution in [3.8, 4) is 0 Å². The molecule has 0 spiro atoms. The SMILES string of the molecule is COC(=O)Cc1ccc(C(=O)O)o1. The molecule has 0 aliphatic rings. The van der Waals surface area contributed by atoms with Gasteiger partial charge in [0, 0.05) is 0 Å². The van der Waals surface area contributed by atoms with Crippen molar-refractivity contribution in [1.29, 1.82) is 0 Å². The maximum atomic E-state index is 10.7. The number of furan rings is 1. The number of hydrogen-bond acceptors (Lipinski definition) is 4. The Balaban J connectivity index is 2.69. The molecule has 1 N–H and O–H groups in total. The van der Waals surface area contributed by atoms with Gasteiger partial charge in [0.2, 0.25) is 5.76 Å². The smallest absolute Gasteiger partial charge is 0.371 e. The summed E-state index contributed by atoms with van der Waals surface area (Å²) in [7, 11) is 1.25. The molecule has 13 heavy (non-hydrogen) atoms. The summed E-state index contributed by atoms with van der Waals surface area (Å²) in [5, 5.41) is 8.48. The second-order valence-corrected chi connectivity index (χ2v) is 2.32. The van der Waals surface area contributed by atoms with E-state index >= 15 is 0 Å². The average molecular weight is 184 g/mol. The molecule has 5 nitrogen and oxygen atoms in total. The molecule has 0 saturated heterocycles. The van der Waals surface area contributed by atoms with Gasteiger partial charge in [0.05, 0.1) is 7.11 Å². The largest absolute Gasteiger partial charge is 0.475 e. The molecule has 0 bridgehead atoms. The molecule has 0 aromatic carbocycles. The first-order valence-electron chi connectivity index (χ1n) is 3.52. The van der Waals surface area contributed by atoms with Crippen molar-refractivity contribution < 1.29 is 23.8 Å². The fourth-order valence-corrected chi connectivity index (χ4v) is 0.802. The lowest BCUT2D eigenvalue weighted by molar-refractivity contribution is -0.140. The van der Waals surface area contributed by atoms with Crippen LogP contribution in [0.2, 0.25) is 0 Å². The molecular weight excluding hydrogens is 176 g/mol. The van der Waals surface area contributed by atoms with E-state index in [0.717, 1.165) is 0 Å². The molecule has 70 valence electrons. The lowest BCUT2D eigenvalue weighted by Gasteiger charge is -1.94. The molecule has 0 aliphatic carbocycles. The first-order chi connectivity index (χ1) is 6.13. The Morgan fingerprint density at radius 2 is 2.23 bits per heavy atom. The van der Waals surface area contributed by atoms with E-state index in [1.807, 2.05) is 0 Å². The highest BCUT2D eigenvalue weighted by Gasteiger charge is 2.11. The predicted molar refractivity (Wildman–Crippen MR) is 41.4 cm³/mol. The normalized spacial score (nSPS) is 9.62. The lowest BCUT2D eigenvalue weighted by Crippen LogP contribution is -2.03. The van der Waals surface area contributed by atoms with Crippen molar-refractivity contribution in [2.75, 3.05) is 7.11 Å². The van der Waals surface area contributed by atoms with Crippen LogP contribution in [0.15, 0.2) is 16.5 Å². The lowest BCUT2D eigenvalue weighted by atomic mass is 10.3. The molecule has 1 rings (SSSR count). The first-order valence-corrected chi connectivity index (χ1v) is 3.52. The van der Waals surface area contributed by atoms with Crippen LogP contribution in [0.1, 0.15) is 16.3 Å². The maximum Gasteiger partial charge on any atom is 0.371 e. The van der Waals surface area contributed by atoms with Crippen LogP contribution in [0.3, 0.4) is 0 Å². The molecule has 0 radical (unpaired) electrons. The standard InChI is InChI=1S/C8H8O5/c1-12-7(9)4-5-2-3-6(13-5)8(10)11/h2-3H,4H2,1H3,(H,10,11). The summed E-state index contributed by atoms with van der Waals surface area (Å²) in [6.07, 6.45) is -0.0518. The molecule has 0 atom stereocenters. The van der Waals surface area contributed by atoms with Crippen LogP contribution in [0.25, 0.3) is 0 Å². The van der Waals surface area contributed by atoms with E-state index in [0.29, 0.717) is 0 Å². The van der Waals surface area contributed by atoms with Crippen molar-refractivity contribution >= 4 is 11.9 Å². The summed E-state index contributed by atoms with van der Waals surface area (Å²) < 4.78 is 9.19. The summed E-state index contributed by atoms with van der Waals surface area (Å²) in [5.74, 6) is -1.52. The molecule has 5 heteroatoms. The van der Waals surface area contributed by atoms with Gasteiger partial charge in [-0.25, -0.2) is 4.79 Å². The summed E-state index contributed by atoms with van der Waals surface area (Å²) in [6, 6.07) is 2.72. The average Bonchev–Trinajstić information content (AvgIpc) is 2.52. The molecule has 0 saturated carbocycles. The molecule has 1 aromatic heterocycles. The van der Waals surface area contributed by atoms with E-state index in [1.54, 1.807) is 0 Å². The molecule has 0 amide bonds. The fraction of sp³-hybridized carbons (Fsp3) is 0.250. The zero-order chi connectivity index (χ0) is 9.84. The van der Waals surface area contributed by atoms with Gasteiger partial charge < -0.3 is 14.3 Å². The number of carboxylic acid groups (broad SMARTS) is 1. The predicted octanol–water partition coefficient (Wildman–Crippen LogP) is 0.693. The van der Waals surface area contributed by atoms with Gasteiger partial charge in [-0.2, -0.15) is 0 Å². The quantitative estimate of drug-likeness (QED) is 0.699. The Labute approximate surface area is 73.9 Å². The van der Waals surface area contributed by atoms with Crippen molar-refractivity contribution in [3.05, 3.63) is 23.7 Å². The van der Waals surface area contributed by atoms with Crippen molar-refractivity contribution in [2.24, 2.45) is 0 Å². The number of methoxy groups -OCH3 is 1. The summed E-state index contributed by atoms with van der Waals surface area (Å²) in [5.41, 5.74) is 0. The van der Waals surface area contributed by atoms with Gasteiger partial charge >= 0.3 is 11.9 Å². The minimum absolute atomic E-state index is 0.0518. The molecule has 0 unspecified atom stereocenters.